The molecule has 2 atom stereocenters. The van der Waals surface area contributed by atoms with Gasteiger partial charge in [0.15, 0.2) is 0 Å². The van der Waals surface area contributed by atoms with Crippen LogP contribution in [-0.4, -0.2) is 5.78 Å². The van der Waals surface area contributed by atoms with Gasteiger partial charge in [0.05, 0.1) is 5.92 Å². The third kappa shape index (κ3) is 3.41. The van der Waals surface area contributed by atoms with Crippen molar-refractivity contribution in [2.45, 2.75) is 18.9 Å². The van der Waals surface area contributed by atoms with E-state index in [4.69, 9.17) is 4.74 Å². The van der Waals surface area contributed by atoms with Crippen molar-refractivity contribution in [1.82, 2.24) is 0 Å². The zero-order valence-corrected chi connectivity index (χ0v) is 14.9. The van der Waals surface area contributed by atoms with Crippen LogP contribution in [0.1, 0.15) is 41.2 Å². The minimum Gasteiger partial charge on any atom is -0.484 e. The second kappa shape index (κ2) is 7.20. The Morgan fingerprint density at radius 1 is 0.963 bits per heavy atom. The second-order valence-corrected chi connectivity index (χ2v) is 6.69. The molecule has 0 spiro atoms. The van der Waals surface area contributed by atoms with E-state index in [1.54, 1.807) is 13.0 Å². The van der Waals surface area contributed by atoms with Crippen LogP contribution in [0.15, 0.2) is 78.9 Å². The highest BCUT2D eigenvalue weighted by Crippen LogP contribution is 2.43. The van der Waals surface area contributed by atoms with Crippen LogP contribution in [0.4, 0.5) is 4.39 Å². The van der Waals surface area contributed by atoms with Crippen LogP contribution in [0.5, 0.6) is 0 Å². The lowest BCUT2D eigenvalue weighted by Gasteiger charge is -2.32. The molecule has 0 saturated carbocycles. The van der Waals surface area contributed by atoms with Gasteiger partial charge in [0.25, 0.3) is 0 Å². The average molecular weight is 358 g/mol. The smallest absolute Gasteiger partial charge is 0.141 e. The number of rotatable bonds is 4. The number of carbonyl (C=O) groups is 1. The quantitative estimate of drug-likeness (QED) is 0.592. The van der Waals surface area contributed by atoms with Gasteiger partial charge in [-0.25, -0.2) is 4.39 Å². The molecule has 0 saturated heterocycles. The number of carbonyl (C=O) groups excluding carboxylic acids is 1. The summed E-state index contributed by atoms with van der Waals surface area (Å²) in [4.78, 5) is 12.6. The molecule has 1 heterocycles. The molecule has 0 bridgehead atoms. The van der Waals surface area contributed by atoms with Crippen molar-refractivity contribution in [3.8, 4) is 0 Å². The molecule has 0 N–H and O–H groups in total. The summed E-state index contributed by atoms with van der Waals surface area (Å²) in [6.07, 6.45) is 1.44. The summed E-state index contributed by atoms with van der Waals surface area (Å²) >= 11 is 0. The van der Waals surface area contributed by atoms with Gasteiger partial charge in [-0.15, -0.1) is 0 Å². The first-order valence-corrected chi connectivity index (χ1v) is 8.92. The van der Waals surface area contributed by atoms with Gasteiger partial charge in [-0.1, -0.05) is 66.7 Å². The molecule has 2 unspecified atom stereocenters. The van der Waals surface area contributed by atoms with Crippen molar-refractivity contribution in [2.24, 2.45) is 0 Å². The van der Waals surface area contributed by atoms with Gasteiger partial charge in [-0.3, -0.25) is 4.79 Å². The standard InChI is InChI=1S/C24H19FO2/c1-16(26)23(17-8-3-2-4-9-17)24-21-13-6-5-10-18(21)15-22(27-24)19-11-7-12-20(25)14-19/h2-15,23-24H,1H3. The predicted molar refractivity (Wildman–Crippen MR) is 104 cm³/mol. The van der Waals surface area contributed by atoms with E-state index in [1.807, 2.05) is 66.7 Å². The highest BCUT2D eigenvalue weighted by Gasteiger charge is 2.34. The van der Waals surface area contributed by atoms with E-state index in [0.717, 1.165) is 16.7 Å². The molecule has 0 aliphatic carbocycles. The van der Waals surface area contributed by atoms with Crippen molar-refractivity contribution in [3.05, 3.63) is 107 Å². The van der Waals surface area contributed by atoms with Crippen molar-refractivity contribution in [2.75, 3.05) is 0 Å². The maximum absolute atomic E-state index is 13.7. The number of halogens is 1. The van der Waals surface area contributed by atoms with E-state index in [2.05, 4.69) is 0 Å². The zero-order chi connectivity index (χ0) is 18.8. The Kier molecular flexibility index (Phi) is 4.59. The van der Waals surface area contributed by atoms with Crippen molar-refractivity contribution < 1.29 is 13.9 Å². The SMILES string of the molecule is CC(=O)C(c1ccccc1)C1OC(c2cccc(F)c2)=Cc2ccccc21. The van der Waals surface area contributed by atoms with Gasteiger partial charge >= 0.3 is 0 Å². The fourth-order valence-corrected chi connectivity index (χ4v) is 3.60. The summed E-state index contributed by atoms with van der Waals surface area (Å²) in [7, 11) is 0. The van der Waals surface area contributed by atoms with Gasteiger partial charge in [0.1, 0.15) is 23.5 Å². The third-order valence-corrected chi connectivity index (χ3v) is 4.85. The van der Waals surface area contributed by atoms with E-state index in [0.29, 0.717) is 11.3 Å². The summed E-state index contributed by atoms with van der Waals surface area (Å²) < 4.78 is 20.0. The van der Waals surface area contributed by atoms with Crippen LogP contribution in [-0.2, 0) is 9.53 Å². The number of hydrogen-bond acceptors (Lipinski definition) is 2. The second-order valence-electron chi connectivity index (χ2n) is 6.69. The van der Waals surface area contributed by atoms with Crippen LogP contribution in [0.3, 0.4) is 0 Å². The van der Waals surface area contributed by atoms with Crippen molar-refractivity contribution in [1.29, 1.82) is 0 Å². The number of ether oxygens (including phenoxy) is 1. The maximum atomic E-state index is 13.7. The monoisotopic (exact) mass is 358 g/mol. The molecule has 3 heteroatoms. The molecular weight excluding hydrogens is 339 g/mol. The van der Waals surface area contributed by atoms with Crippen LogP contribution in [0, 0.1) is 5.82 Å². The summed E-state index contributed by atoms with van der Waals surface area (Å²) in [5.41, 5.74) is 3.51. The van der Waals surface area contributed by atoms with Crippen LogP contribution in [0.25, 0.3) is 11.8 Å². The highest BCUT2D eigenvalue weighted by molar-refractivity contribution is 5.87. The van der Waals surface area contributed by atoms with Gasteiger partial charge in [0, 0.05) is 11.1 Å². The molecule has 2 nitrogen and oxygen atoms in total. The zero-order valence-electron chi connectivity index (χ0n) is 14.9. The fraction of sp³-hybridized carbons (Fsp3) is 0.125. The number of hydrogen-bond donors (Lipinski definition) is 0. The van der Waals surface area contributed by atoms with E-state index in [1.165, 1.54) is 12.1 Å². The number of fused-ring (bicyclic) bond motifs is 1. The molecule has 1 aliphatic heterocycles. The topological polar surface area (TPSA) is 26.3 Å². The molecule has 0 amide bonds. The molecule has 0 fully saturated rings. The molecule has 0 aromatic heterocycles. The normalized spacial score (nSPS) is 16.7. The summed E-state index contributed by atoms with van der Waals surface area (Å²) in [6, 6.07) is 23.8. The fourth-order valence-electron chi connectivity index (χ4n) is 3.60. The van der Waals surface area contributed by atoms with E-state index < -0.39 is 12.0 Å². The van der Waals surface area contributed by atoms with Gasteiger partial charge in [-0.05, 0) is 36.3 Å². The summed E-state index contributed by atoms with van der Waals surface area (Å²) in [5, 5.41) is 0. The van der Waals surface area contributed by atoms with E-state index in [9.17, 15) is 9.18 Å². The Labute approximate surface area is 157 Å². The molecule has 27 heavy (non-hydrogen) atoms. The molecule has 3 aromatic carbocycles. The minimum absolute atomic E-state index is 0.0292. The highest BCUT2D eigenvalue weighted by atomic mass is 19.1. The number of benzene rings is 3. The molecule has 4 rings (SSSR count). The largest absolute Gasteiger partial charge is 0.484 e. The Morgan fingerprint density at radius 2 is 1.70 bits per heavy atom. The molecule has 3 aromatic rings. The first-order chi connectivity index (χ1) is 13.1. The Balaban J connectivity index is 1.83. The van der Waals surface area contributed by atoms with E-state index >= 15 is 0 Å². The molecule has 134 valence electrons. The van der Waals surface area contributed by atoms with Crippen LogP contribution >= 0.6 is 0 Å². The first kappa shape index (κ1) is 17.2. The molecular formula is C24H19FO2. The molecule has 0 radical (unpaired) electrons. The first-order valence-electron chi connectivity index (χ1n) is 8.92. The third-order valence-electron chi connectivity index (χ3n) is 4.85. The Morgan fingerprint density at radius 3 is 2.44 bits per heavy atom. The van der Waals surface area contributed by atoms with Crippen molar-refractivity contribution in [3.63, 3.8) is 0 Å². The number of ketones is 1. The number of Topliss-reactive ketones (excluding diaryl/α,β-unsaturated/α-hetero) is 1. The lowest BCUT2D eigenvalue weighted by Crippen LogP contribution is -2.23. The van der Waals surface area contributed by atoms with Gasteiger partial charge < -0.3 is 4.74 Å². The summed E-state index contributed by atoms with van der Waals surface area (Å²) in [6.45, 7) is 1.59. The Hall–Kier alpha value is -3.20. The van der Waals surface area contributed by atoms with Crippen LogP contribution in [0.2, 0.25) is 0 Å². The van der Waals surface area contributed by atoms with Gasteiger partial charge in [-0.2, -0.15) is 0 Å². The average Bonchev–Trinajstić information content (AvgIpc) is 2.68. The van der Waals surface area contributed by atoms with Crippen LogP contribution < -0.4 is 0 Å². The maximum Gasteiger partial charge on any atom is 0.141 e. The Bertz CT molecular complexity index is 1010. The van der Waals surface area contributed by atoms with E-state index in [-0.39, 0.29) is 11.6 Å². The lowest BCUT2D eigenvalue weighted by molar-refractivity contribution is -0.120. The predicted octanol–water partition coefficient (Wildman–Crippen LogP) is 5.77. The lowest BCUT2D eigenvalue weighted by atomic mass is 9.83. The van der Waals surface area contributed by atoms with Crippen molar-refractivity contribution >= 4 is 17.6 Å². The molecule has 1 aliphatic rings. The van der Waals surface area contributed by atoms with Gasteiger partial charge in [0.2, 0.25) is 0 Å². The summed E-state index contributed by atoms with van der Waals surface area (Å²) in [5.74, 6) is -0.162. The minimum atomic E-state index is -0.468.